The number of carbonyl (C=O) groups excluding carboxylic acids is 2. The molecule has 0 spiro atoms. The van der Waals surface area contributed by atoms with Crippen LogP contribution in [0.2, 0.25) is 0 Å². The van der Waals surface area contributed by atoms with E-state index in [0.717, 1.165) is 39.0 Å². The van der Waals surface area contributed by atoms with E-state index < -0.39 is 5.91 Å². The number of carbonyl (C=O) groups is 2. The van der Waals surface area contributed by atoms with Crippen molar-refractivity contribution in [3.05, 3.63) is 0 Å². The first kappa shape index (κ1) is 14.3. The first-order valence-electron chi connectivity index (χ1n) is 7.13. The van der Waals surface area contributed by atoms with Crippen LogP contribution >= 0.6 is 0 Å². The van der Waals surface area contributed by atoms with E-state index >= 15 is 0 Å². The second kappa shape index (κ2) is 6.86. The molecular formula is C13H24N4O2. The summed E-state index contributed by atoms with van der Waals surface area (Å²) in [5.41, 5.74) is 0. The van der Waals surface area contributed by atoms with E-state index in [1.165, 1.54) is 0 Å². The van der Waals surface area contributed by atoms with Crippen LogP contribution in [0.5, 0.6) is 0 Å². The van der Waals surface area contributed by atoms with Gasteiger partial charge in [-0.25, -0.2) is 0 Å². The topological polar surface area (TPSA) is 64.7 Å². The second-order valence-electron chi connectivity index (χ2n) is 5.50. The fourth-order valence-electron chi connectivity index (χ4n) is 2.59. The monoisotopic (exact) mass is 268 g/mol. The van der Waals surface area contributed by atoms with Crippen LogP contribution in [0, 0.1) is 5.92 Å². The van der Waals surface area contributed by atoms with Gasteiger partial charge in [0.05, 0.1) is 0 Å². The Morgan fingerprint density at radius 2 is 1.79 bits per heavy atom. The summed E-state index contributed by atoms with van der Waals surface area (Å²) in [4.78, 5) is 27.6. The summed E-state index contributed by atoms with van der Waals surface area (Å²) in [6, 6.07) is 0. The molecule has 0 aromatic rings. The lowest BCUT2D eigenvalue weighted by molar-refractivity contribution is -0.146. The third-order valence-corrected chi connectivity index (χ3v) is 3.99. The summed E-state index contributed by atoms with van der Waals surface area (Å²) in [6.45, 7) is 5.58. The molecule has 2 aliphatic rings. The smallest absolute Gasteiger partial charge is 0.311 e. The number of piperidine rings is 1. The highest BCUT2D eigenvalue weighted by atomic mass is 16.2. The van der Waals surface area contributed by atoms with Crippen LogP contribution in [-0.4, -0.2) is 74.5 Å². The van der Waals surface area contributed by atoms with Crippen molar-refractivity contribution in [1.29, 1.82) is 0 Å². The molecule has 0 saturated carbocycles. The lowest BCUT2D eigenvalue weighted by Gasteiger charge is -2.29. The largest absolute Gasteiger partial charge is 0.348 e. The van der Waals surface area contributed by atoms with E-state index in [9.17, 15) is 9.59 Å². The molecule has 19 heavy (non-hydrogen) atoms. The number of amides is 2. The quantitative estimate of drug-likeness (QED) is 0.623. The third kappa shape index (κ3) is 4.18. The van der Waals surface area contributed by atoms with Gasteiger partial charge in [0.25, 0.3) is 0 Å². The summed E-state index contributed by atoms with van der Waals surface area (Å²) >= 11 is 0. The van der Waals surface area contributed by atoms with Crippen LogP contribution in [0.25, 0.3) is 0 Å². The molecule has 0 atom stereocenters. The highest BCUT2D eigenvalue weighted by Crippen LogP contribution is 2.14. The van der Waals surface area contributed by atoms with E-state index in [-0.39, 0.29) is 5.91 Å². The molecule has 2 rings (SSSR count). The van der Waals surface area contributed by atoms with E-state index in [1.807, 2.05) is 0 Å². The second-order valence-corrected chi connectivity index (χ2v) is 5.50. The Morgan fingerprint density at radius 3 is 2.42 bits per heavy atom. The van der Waals surface area contributed by atoms with Gasteiger partial charge in [-0.1, -0.05) is 0 Å². The van der Waals surface area contributed by atoms with Gasteiger partial charge in [-0.3, -0.25) is 9.59 Å². The summed E-state index contributed by atoms with van der Waals surface area (Å²) in [7, 11) is 2.11. The minimum atomic E-state index is -0.444. The van der Waals surface area contributed by atoms with E-state index in [2.05, 4.69) is 22.6 Å². The summed E-state index contributed by atoms with van der Waals surface area (Å²) < 4.78 is 0. The maximum Gasteiger partial charge on any atom is 0.311 e. The first-order chi connectivity index (χ1) is 9.16. The Morgan fingerprint density at radius 1 is 1.16 bits per heavy atom. The van der Waals surface area contributed by atoms with Crippen LogP contribution in [0.1, 0.15) is 12.8 Å². The molecule has 0 aromatic heterocycles. The zero-order chi connectivity index (χ0) is 13.7. The molecule has 0 bridgehead atoms. The number of nitrogens with one attached hydrogen (secondary N) is 2. The van der Waals surface area contributed by atoms with Crippen molar-refractivity contribution in [2.45, 2.75) is 12.8 Å². The average molecular weight is 268 g/mol. The number of likely N-dealkylation sites (tertiary alicyclic amines) is 1. The van der Waals surface area contributed by atoms with E-state index in [0.29, 0.717) is 25.6 Å². The number of rotatable bonds is 2. The van der Waals surface area contributed by atoms with Crippen molar-refractivity contribution in [3.63, 3.8) is 0 Å². The van der Waals surface area contributed by atoms with Gasteiger partial charge in [-0.2, -0.15) is 0 Å². The molecule has 2 saturated heterocycles. The molecule has 6 heteroatoms. The highest BCUT2D eigenvalue weighted by Gasteiger charge is 2.24. The minimum Gasteiger partial charge on any atom is -0.348 e. The molecule has 108 valence electrons. The number of hydrogen-bond donors (Lipinski definition) is 2. The van der Waals surface area contributed by atoms with Crippen molar-refractivity contribution in [2.75, 3.05) is 52.9 Å². The van der Waals surface area contributed by atoms with Gasteiger partial charge < -0.3 is 20.4 Å². The van der Waals surface area contributed by atoms with Crippen LogP contribution in [-0.2, 0) is 9.59 Å². The van der Waals surface area contributed by atoms with Crippen LogP contribution < -0.4 is 10.6 Å². The zero-order valence-electron chi connectivity index (χ0n) is 11.7. The lowest BCUT2D eigenvalue weighted by atomic mass is 9.97. The van der Waals surface area contributed by atoms with Crippen molar-refractivity contribution in [2.24, 2.45) is 5.92 Å². The SMILES string of the molecule is CN1CCC(CNC(=O)C(=O)N2CCNCC2)CC1. The summed E-state index contributed by atoms with van der Waals surface area (Å²) in [6.07, 6.45) is 2.19. The molecule has 2 N–H and O–H groups in total. The predicted octanol–water partition coefficient (Wildman–Crippen LogP) is -1.12. The van der Waals surface area contributed by atoms with Crippen LogP contribution in [0.15, 0.2) is 0 Å². The van der Waals surface area contributed by atoms with Crippen LogP contribution in [0.4, 0.5) is 0 Å². The fourth-order valence-corrected chi connectivity index (χ4v) is 2.59. The number of hydrogen-bond acceptors (Lipinski definition) is 4. The average Bonchev–Trinajstić information content (AvgIpc) is 2.46. The summed E-state index contributed by atoms with van der Waals surface area (Å²) in [5.74, 6) is -0.314. The molecule has 2 heterocycles. The predicted molar refractivity (Wildman–Crippen MR) is 72.7 cm³/mol. The number of nitrogens with zero attached hydrogens (tertiary/aromatic N) is 2. The number of piperazine rings is 1. The maximum atomic E-state index is 11.9. The molecule has 2 amide bonds. The van der Waals surface area contributed by atoms with Gasteiger partial charge in [-0.15, -0.1) is 0 Å². The normalized spacial score (nSPS) is 22.3. The van der Waals surface area contributed by atoms with Gasteiger partial charge in [0, 0.05) is 32.7 Å². The Labute approximate surface area is 114 Å². The van der Waals surface area contributed by atoms with Crippen molar-refractivity contribution in [1.82, 2.24) is 20.4 Å². The van der Waals surface area contributed by atoms with Crippen molar-refractivity contribution < 1.29 is 9.59 Å². The summed E-state index contributed by atoms with van der Waals surface area (Å²) in [5, 5.41) is 5.96. The molecule has 0 aliphatic carbocycles. The highest BCUT2D eigenvalue weighted by molar-refractivity contribution is 6.35. The Kier molecular flexibility index (Phi) is 5.15. The molecule has 6 nitrogen and oxygen atoms in total. The third-order valence-electron chi connectivity index (χ3n) is 3.99. The zero-order valence-corrected chi connectivity index (χ0v) is 11.7. The molecule has 2 aliphatic heterocycles. The van der Waals surface area contributed by atoms with Gasteiger partial charge in [-0.05, 0) is 38.9 Å². The lowest BCUT2D eigenvalue weighted by Crippen LogP contribution is -2.51. The minimum absolute atomic E-state index is 0.380. The van der Waals surface area contributed by atoms with Gasteiger partial charge in [0.1, 0.15) is 0 Å². The van der Waals surface area contributed by atoms with Gasteiger partial charge in [0.2, 0.25) is 0 Å². The molecule has 0 radical (unpaired) electrons. The van der Waals surface area contributed by atoms with Crippen molar-refractivity contribution >= 4 is 11.8 Å². The Hall–Kier alpha value is -1.14. The fraction of sp³-hybridized carbons (Fsp3) is 0.846. The molecule has 2 fully saturated rings. The molecule has 0 aromatic carbocycles. The van der Waals surface area contributed by atoms with Gasteiger partial charge >= 0.3 is 11.8 Å². The van der Waals surface area contributed by atoms with E-state index in [1.54, 1.807) is 4.90 Å². The standard InChI is InChI=1S/C13H24N4O2/c1-16-6-2-11(3-7-16)10-15-12(18)13(19)17-8-4-14-5-9-17/h11,14H,2-10H2,1H3,(H,15,18). The molecular weight excluding hydrogens is 244 g/mol. The Balaban J connectivity index is 1.70. The maximum absolute atomic E-state index is 11.9. The van der Waals surface area contributed by atoms with Crippen molar-refractivity contribution in [3.8, 4) is 0 Å². The molecule has 0 unspecified atom stereocenters. The first-order valence-corrected chi connectivity index (χ1v) is 7.13. The van der Waals surface area contributed by atoms with Gasteiger partial charge in [0.15, 0.2) is 0 Å². The van der Waals surface area contributed by atoms with E-state index in [4.69, 9.17) is 0 Å². The van der Waals surface area contributed by atoms with Crippen LogP contribution in [0.3, 0.4) is 0 Å². The Bertz CT molecular complexity index is 321.